The van der Waals surface area contributed by atoms with Crippen LogP contribution in [0.15, 0.2) is 18.2 Å². The highest BCUT2D eigenvalue weighted by atomic mass is 19.1. The lowest BCUT2D eigenvalue weighted by Crippen LogP contribution is -2.44. The van der Waals surface area contributed by atoms with E-state index in [1.807, 2.05) is 6.07 Å². The SMILES string of the molecule is CN1CCN(c2ccc(C(C)(C)C)cc2F)CC1. The largest absolute Gasteiger partial charge is 0.367 e. The number of nitrogens with zero attached hydrogens (tertiary/aromatic N) is 2. The Morgan fingerprint density at radius 3 is 2.17 bits per heavy atom. The summed E-state index contributed by atoms with van der Waals surface area (Å²) in [6, 6.07) is 5.67. The third-order valence-corrected chi connectivity index (χ3v) is 3.66. The van der Waals surface area contributed by atoms with Crippen LogP contribution in [0.2, 0.25) is 0 Å². The van der Waals surface area contributed by atoms with Crippen molar-refractivity contribution in [3.05, 3.63) is 29.6 Å². The van der Waals surface area contributed by atoms with Crippen LogP contribution in [0.3, 0.4) is 0 Å². The summed E-state index contributed by atoms with van der Waals surface area (Å²) in [5, 5.41) is 0. The van der Waals surface area contributed by atoms with Crippen molar-refractivity contribution in [1.82, 2.24) is 4.90 Å². The maximum Gasteiger partial charge on any atom is 0.146 e. The molecule has 1 fully saturated rings. The molecule has 3 heteroatoms. The van der Waals surface area contributed by atoms with Gasteiger partial charge in [-0.25, -0.2) is 4.39 Å². The first-order valence-electron chi connectivity index (χ1n) is 6.61. The molecule has 1 aliphatic heterocycles. The van der Waals surface area contributed by atoms with Gasteiger partial charge < -0.3 is 9.80 Å². The molecular formula is C15H23FN2. The van der Waals surface area contributed by atoms with Gasteiger partial charge in [-0.1, -0.05) is 26.8 Å². The molecule has 18 heavy (non-hydrogen) atoms. The van der Waals surface area contributed by atoms with E-state index in [1.54, 1.807) is 6.07 Å². The number of piperazine rings is 1. The Morgan fingerprint density at radius 1 is 1.06 bits per heavy atom. The first-order valence-corrected chi connectivity index (χ1v) is 6.61. The summed E-state index contributed by atoms with van der Waals surface area (Å²) in [4.78, 5) is 4.42. The summed E-state index contributed by atoms with van der Waals surface area (Å²) in [5.41, 5.74) is 1.80. The molecule has 0 spiro atoms. The number of benzene rings is 1. The van der Waals surface area contributed by atoms with E-state index in [2.05, 4.69) is 43.7 Å². The summed E-state index contributed by atoms with van der Waals surface area (Å²) in [5.74, 6) is -0.0908. The molecule has 0 bridgehead atoms. The molecule has 100 valence electrons. The quantitative estimate of drug-likeness (QED) is 0.756. The second-order valence-electron chi connectivity index (χ2n) is 6.21. The van der Waals surface area contributed by atoms with Gasteiger partial charge in [-0.15, -0.1) is 0 Å². The predicted molar refractivity (Wildman–Crippen MR) is 74.8 cm³/mol. The monoisotopic (exact) mass is 250 g/mol. The minimum absolute atomic E-state index is 0.00147. The van der Waals surface area contributed by atoms with Crippen LogP contribution in [0.1, 0.15) is 26.3 Å². The van der Waals surface area contributed by atoms with Crippen LogP contribution in [-0.4, -0.2) is 38.1 Å². The van der Waals surface area contributed by atoms with E-state index in [0.29, 0.717) is 0 Å². The van der Waals surface area contributed by atoms with E-state index in [4.69, 9.17) is 0 Å². The second-order valence-corrected chi connectivity index (χ2v) is 6.21. The molecule has 0 unspecified atom stereocenters. The minimum atomic E-state index is -0.0908. The van der Waals surface area contributed by atoms with Crippen molar-refractivity contribution in [3.63, 3.8) is 0 Å². The molecule has 1 saturated heterocycles. The Kier molecular flexibility index (Phi) is 3.62. The number of rotatable bonds is 1. The van der Waals surface area contributed by atoms with E-state index in [-0.39, 0.29) is 11.2 Å². The molecule has 0 radical (unpaired) electrons. The van der Waals surface area contributed by atoms with Crippen LogP contribution < -0.4 is 4.90 Å². The molecule has 1 aliphatic rings. The van der Waals surface area contributed by atoms with Crippen LogP contribution in [0.25, 0.3) is 0 Å². The fraction of sp³-hybridized carbons (Fsp3) is 0.600. The van der Waals surface area contributed by atoms with Gasteiger partial charge in [-0.3, -0.25) is 0 Å². The molecule has 0 aromatic heterocycles. The van der Waals surface area contributed by atoms with Crippen molar-refractivity contribution >= 4 is 5.69 Å². The van der Waals surface area contributed by atoms with Gasteiger partial charge in [0.15, 0.2) is 0 Å². The number of halogens is 1. The van der Waals surface area contributed by atoms with E-state index in [0.717, 1.165) is 37.4 Å². The zero-order chi connectivity index (χ0) is 13.3. The van der Waals surface area contributed by atoms with Gasteiger partial charge in [-0.05, 0) is 30.2 Å². The summed E-state index contributed by atoms with van der Waals surface area (Å²) in [6.07, 6.45) is 0. The average Bonchev–Trinajstić information content (AvgIpc) is 2.29. The van der Waals surface area contributed by atoms with E-state index in [9.17, 15) is 4.39 Å². The van der Waals surface area contributed by atoms with Crippen LogP contribution in [-0.2, 0) is 5.41 Å². The van der Waals surface area contributed by atoms with Crippen molar-refractivity contribution < 1.29 is 4.39 Å². The van der Waals surface area contributed by atoms with E-state index < -0.39 is 0 Å². The molecule has 2 rings (SSSR count). The molecule has 0 amide bonds. The molecule has 1 heterocycles. The van der Waals surface area contributed by atoms with Gasteiger partial charge in [0.2, 0.25) is 0 Å². The zero-order valence-electron chi connectivity index (χ0n) is 11.8. The standard InChI is InChI=1S/C15H23FN2/c1-15(2,3)12-5-6-14(13(16)11-12)18-9-7-17(4)8-10-18/h5-6,11H,7-10H2,1-4H3. The molecule has 1 aromatic rings. The van der Waals surface area contributed by atoms with E-state index in [1.165, 1.54) is 0 Å². The Bertz CT molecular complexity index is 415. The summed E-state index contributed by atoms with van der Waals surface area (Å²) in [6.45, 7) is 10.1. The summed E-state index contributed by atoms with van der Waals surface area (Å²) >= 11 is 0. The highest BCUT2D eigenvalue weighted by Gasteiger charge is 2.20. The van der Waals surface area contributed by atoms with Crippen LogP contribution in [0.4, 0.5) is 10.1 Å². The fourth-order valence-corrected chi connectivity index (χ4v) is 2.28. The Morgan fingerprint density at radius 2 is 1.67 bits per heavy atom. The maximum absolute atomic E-state index is 14.2. The van der Waals surface area contributed by atoms with Crippen molar-refractivity contribution in [2.75, 3.05) is 38.1 Å². The number of likely N-dealkylation sites (N-methyl/N-ethyl adjacent to an activating group) is 1. The molecular weight excluding hydrogens is 227 g/mol. The topological polar surface area (TPSA) is 6.48 Å². The molecule has 2 nitrogen and oxygen atoms in total. The van der Waals surface area contributed by atoms with Gasteiger partial charge in [0.25, 0.3) is 0 Å². The number of hydrogen-bond acceptors (Lipinski definition) is 2. The molecule has 0 aliphatic carbocycles. The minimum Gasteiger partial charge on any atom is -0.367 e. The highest BCUT2D eigenvalue weighted by molar-refractivity contribution is 5.50. The van der Waals surface area contributed by atoms with Crippen molar-refractivity contribution in [3.8, 4) is 0 Å². The third-order valence-electron chi connectivity index (χ3n) is 3.66. The third kappa shape index (κ3) is 2.83. The fourth-order valence-electron chi connectivity index (χ4n) is 2.28. The van der Waals surface area contributed by atoms with Gasteiger partial charge >= 0.3 is 0 Å². The average molecular weight is 250 g/mol. The summed E-state index contributed by atoms with van der Waals surface area (Å²) in [7, 11) is 2.11. The van der Waals surface area contributed by atoms with Gasteiger partial charge in [0.05, 0.1) is 5.69 Å². The zero-order valence-corrected chi connectivity index (χ0v) is 11.8. The van der Waals surface area contributed by atoms with Crippen LogP contribution >= 0.6 is 0 Å². The predicted octanol–water partition coefficient (Wildman–Crippen LogP) is 2.88. The van der Waals surface area contributed by atoms with Crippen LogP contribution in [0, 0.1) is 5.82 Å². The van der Waals surface area contributed by atoms with E-state index >= 15 is 0 Å². The first-order chi connectivity index (χ1) is 8.38. The lowest BCUT2D eigenvalue weighted by atomic mass is 9.87. The molecule has 0 N–H and O–H groups in total. The lowest BCUT2D eigenvalue weighted by Gasteiger charge is -2.34. The van der Waals surface area contributed by atoms with Crippen molar-refractivity contribution in [2.24, 2.45) is 0 Å². The Hall–Kier alpha value is -1.09. The number of hydrogen-bond donors (Lipinski definition) is 0. The van der Waals surface area contributed by atoms with Crippen molar-refractivity contribution in [1.29, 1.82) is 0 Å². The smallest absolute Gasteiger partial charge is 0.146 e. The maximum atomic E-state index is 14.2. The lowest BCUT2D eigenvalue weighted by molar-refractivity contribution is 0.311. The van der Waals surface area contributed by atoms with Crippen molar-refractivity contribution in [2.45, 2.75) is 26.2 Å². The van der Waals surface area contributed by atoms with Gasteiger partial charge in [-0.2, -0.15) is 0 Å². The Balaban J connectivity index is 2.20. The van der Waals surface area contributed by atoms with Crippen LogP contribution in [0.5, 0.6) is 0 Å². The normalized spacial score (nSPS) is 18.2. The molecule has 0 atom stereocenters. The van der Waals surface area contributed by atoms with Gasteiger partial charge in [0, 0.05) is 26.2 Å². The molecule has 0 saturated carbocycles. The van der Waals surface area contributed by atoms with Gasteiger partial charge in [0.1, 0.15) is 5.82 Å². The summed E-state index contributed by atoms with van der Waals surface area (Å²) < 4.78 is 14.2. The number of anilines is 1. The first kappa shape index (κ1) is 13.3. The second kappa shape index (κ2) is 4.88. The highest BCUT2D eigenvalue weighted by Crippen LogP contribution is 2.28. The Labute approximate surface area is 109 Å². The molecule has 1 aromatic carbocycles.